The van der Waals surface area contributed by atoms with E-state index in [1.165, 1.54) is 0 Å². The van der Waals surface area contributed by atoms with Gasteiger partial charge in [0.1, 0.15) is 12.7 Å². The highest BCUT2D eigenvalue weighted by atomic mass is 32.1. The van der Waals surface area contributed by atoms with Crippen molar-refractivity contribution in [3.63, 3.8) is 0 Å². The van der Waals surface area contributed by atoms with Crippen molar-refractivity contribution in [1.29, 1.82) is 0 Å². The van der Waals surface area contributed by atoms with E-state index in [4.69, 9.17) is 9.47 Å². The van der Waals surface area contributed by atoms with E-state index in [0.29, 0.717) is 12.6 Å². The number of anilines is 1. The second kappa shape index (κ2) is 6.99. The molecule has 2 aliphatic rings. The first-order valence-corrected chi connectivity index (χ1v) is 9.45. The van der Waals surface area contributed by atoms with Crippen molar-refractivity contribution >= 4 is 16.5 Å². The number of benzene rings is 1. The van der Waals surface area contributed by atoms with E-state index in [2.05, 4.69) is 27.5 Å². The number of hydrogen-bond donors (Lipinski definition) is 1. The molecule has 1 atom stereocenters. The summed E-state index contributed by atoms with van der Waals surface area (Å²) in [5, 5.41) is 6.93. The van der Waals surface area contributed by atoms with Gasteiger partial charge in [0, 0.05) is 31.1 Å². The van der Waals surface area contributed by atoms with E-state index in [-0.39, 0.29) is 6.10 Å². The zero-order valence-electron chi connectivity index (χ0n) is 13.9. The molecule has 1 fully saturated rings. The van der Waals surface area contributed by atoms with Gasteiger partial charge < -0.3 is 19.7 Å². The van der Waals surface area contributed by atoms with Crippen LogP contribution in [0.5, 0.6) is 11.5 Å². The molecule has 1 aromatic heterocycles. The molecule has 0 saturated carbocycles. The highest BCUT2D eigenvalue weighted by Gasteiger charge is 2.24. The molecule has 4 rings (SSSR count). The summed E-state index contributed by atoms with van der Waals surface area (Å²) in [5.41, 5.74) is 1.12. The zero-order valence-corrected chi connectivity index (χ0v) is 14.7. The number of para-hydroxylation sites is 2. The number of hydrogen-bond acceptors (Lipinski definition) is 6. The Hall–Kier alpha value is -1.79. The van der Waals surface area contributed by atoms with Crippen LogP contribution in [0.1, 0.15) is 18.5 Å². The van der Waals surface area contributed by atoms with Crippen LogP contribution in [0.25, 0.3) is 0 Å². The topological polar surface area (TPSA) is 46.6 Å². The lowest BCUT2D eigenvalue weighted by molar-refractivity contribution is 0.0873. The van der Waals surface area contributed by atoms with Gasteiger partial charge in [-0.25, -0.2) is 4.98 Å². The number of nitrogens with one attached hydrogen (secondary N) is 1. The quantitative estimate of drug-likeness (QED) is 0.923. The van der Waals surface area contributed by atoms with Crippen molar-refractivity contribution in [2.24, 2.45) is 0 Å². The maximum absolute atomic E-state index is 6.01. The molecular weight excluding hydrogens is 322 g/mol. The molecule has 1 saturated heterocycles. The maximum atomic E-state index is 6.01. The molecule has 0 unspecified atom stereocenters. The molecule has 0 amide bonds. The van der Waals surface area contributed by atoms with Crippen LogP contribution in [-0.2, 0) is 0 Å². The Bertz CT molecular complexity index is 682. The Morgan fingerprint density at radius 3 is 2.79 bits per heavy atom. The molecule has 128 valence electrons. The molecule has 0 aliphatic carbocycles. The van der Waals surface area contributed by atoms with Gasteiger partial charge in [0.15, 0.2) is 16.6 Å². The van der Waals surface area contributed by atoms with Crippen molar-refractivity contribution < 1.29 is 9.47 Å². The molecule has 0 bridgehead atoms. The number of fused-ring (bicyclic) bond motifs is 1. The van der Waals surface area contributed by atoms with Gasteiger partial charge in [-0.1, -0.05) is 12.1 Å². The standard InChI is InChI=1S/C18H23N3O2S/c1-13-12-24-18(20-13)21-8-6-14(7-9-21)19-10-15-11-22-16-4-2-3-5-17(16)23-15/h2-5,12,14-15,19H,6-11H2,1H3/t15-/m1/s1. The van der Waals surface area contributed by atoms with Crippen LogP contribution in [0.15, 0.2) is 29.6 Å². The number of thiazole rings is 1. The van der Waals surface area contributed by atoms with Crippen LogP contribution in [0.2, 0.25) is 0 Å². The fraction of sp³-hybridized carbons (Fsp3) is 0.500. The molecule has 6 heteroatoms. The van der Waals surface area contributed by atoms with Crippen LogP contribution in [-0.4, -0.2) is 43.4 Å². The lowest BCUT2D eigenvalue weighted by Crippen LogP contribution is -2.47. The third-order valence-corrected chi connectivity index (χ3v) is 5.59. The number of aryl methyl sites for hydroxylation is 1. The molecule has 24 heavy (non-hydrogen) atoms. The number of nitrogens with zero attached hydrogens (tertiary/aromatic N) is 2. The Morgan fingerprint density at radius 2 is 2.04 bits per heavy atom. The van der Waals surface area contributed by atoms with Crippen LogP contribution in [0, 0.1) is 6.92 Å². The van der Waals surface area contributed by atoms with Crippen LogP contribution in [0.4, 0.5) is 5.13 Å². The first-order chi connectivity index (χ1) is 11.8. The number of ether oxygens (including phenoxy) is 2. The van der Waals surface area contributed by atoms with Gasteiger partial charge in [-0.3, -0.25) is 0 Å². The summed E-state index contributed by atoms with van der Waals surface area (Å²) in [4.78, 5) is 6.98. The fourth-order valence-corrected chi connectivity index (χ4v) is 4.08. The Kier molecular flexibility index (Phi) is 4.58. The summed E-state index contributed by atoms with van der Waals surface area (Å²) in [6.45, 7) is 5.63. The Morgan fingerprint density at radius 1 is 1.25 bits per heavy atom. The molecule has 2 aromatic rings. The fourth-order valence-electron chi connectivity index (χ4n) is 3.22. The van der Waals surface area contributed by atoms with Gasteiger partial charge in [-0.05, 0) is 31.9 Å². The molecule has 5 nitrogen and oxygen atoms in total. The molecule has 2 aliphatic heterocycles. The van der Waals surface area contributed by atoms with Gasteiger partial charge in [0.05, 0.1) is 5.69 Å². The van der Waals surface area contributed by atoms with Gasteiger partial charge in [0.25, 0.3) is 0 Å². The first-order valence-electron chi connectivity index (χ1n) is 8.57. The van der Waals surface area contributed by atoms with Gasteiger partial charge in [0.2, 0.25) is 0 Å². The van der Waals surface area contributed by atoms with Crippen LogP contribution in [0.3, 0.4) is 0 Å². The van der Waals surface area contributed by atoms with Crippen molar-refractivity contribution in [3.8, 4) is 11.5 Å². The minimum Gasteiger partial charge on any atom is -0.486 e. The summed E-state index contributed by atoms with van der Waals surface area (Å²) in [7, 11) is 0. The Balaban J connectivity index is 1.24. The molecule has 0 radical (unpaired) electrons. The van der Waals surface area contributed by atoms with Crippen molar-refractivity contribution in [2.75, 3.05) is 31.1 Å². The number of rotatable bonds is 4. The molecule has 3 heterocycles. The van der Waals surface area contributed by atoms with E-state index in [1.54, 1.807) is 11.3 Å². The smallest absolute Gasteiger partial charge is 0.185 e. The van der Waals surface area contributed by atoms with Crippen molar-refractivity contribution in [1.82, 2.24) is 10.3 Å². The van der Waals surface area contributed by atoms with Crippen molar-refractivity contribution in [2.45, 2.75) is 31.9 Å². The largest absolute Gasteiger partial charge is 0.486 e. The molecule has 1 N–H and O–H groups in total. The Labute approximate surface area is 146 Å². The third-order valence-electron chi connectivity index (χ3n) is 4.57. The SMILES string of the molecule is Cc1csc(N2CCC(NC[C@@H]3COc4ccccc4O3)CC2)n1. The van der Waals surface area contributed by atoms with Gasteiger partial charge >= 0.3 is 0 Å². The van der Waals surface area contributed by atoms with Crippen LogP contribution < -0.4 is 19.7 Å². The summed E-state index contributed by atoms with van der Waals surface area (Å²) < 4.78 is 11.8. The van der Waals surface area contributed by atoms with Gasteiger partial charge in [-0.2, -0.15) is 0 Å². The van der Waals surface area contributed by atoms with E-state index >= 15 is 0 Å². The third kappa shape index (κ3) is 3.49. The van der Waals surface area contributed by atoms with Crippen molar-refractivity contribution in [3.05, 3.63) is 35.3 Å². The average Bonchev–Trinajstić information content (AvgIpc) is 3.07. The normalized spacial score (nSPS) is 21.0. The molecular formula is C18H23N3O2S. The summed E-state index contributed by atoms with van der Waals surface area (Å²) in [6.07, 6.45) is 2.37. The first kappa shape index (κ1) is 15.7. The summed E-state index contributed by atoms with van der Waals surface area (Å²) in [6, 6.07) is 8.42. The lowest BCUT2D eigenvalue weighted by atomic mass is 10.1. The highest BCUT2D eigenvalue weighted by molar-refractivity contribution is 7.13. The zero-order chi connectivity index (χ0) is 16.4. The minimum absolute atomic E-state index is 0.0829. The number of piperidine rings is 1. The summed E-state index contributed by atoms with van der Waals surface area (Å²) in [5.74, 6) is 1.70. The van der Waals surface area contributed by atoms with E-state index in [0.717, 1.165) is 54.8 Å². The summed E-state index contributed by atoms with van der Waals surface area (Å²) >= 11 is 1.74. The highest BCUT2D eigenvalue weighted by Crippen LogP contribution is 2.30. The molecule has 1 aromatic carbocycles. The van der Waals surface area contributed by atoms with E-state index < -0.39 is 0 Å². The van der Waals surface area contributed by atoms with Crippen LogP contribution >= 0.6 is 11.3 Å². The second-order valence-corrected chi connectivity index (χ2v) is 7.28. The van der Waals surface area contributed by atoms with E-state index in [1.807, 2.05) is 24.3 Å². The predicted molar refractivity (Wildman–Crippen MR) is 96.4 cm³/mol. The average molecular weight is 345 g/mol. The number of aromatic nitrogens is 1. The maximum Gasteiger partial charge on any atom is 0.185 e. The lowest BCUT2D eigenvalue weighted by Gasteiger charge is -2.33. The second-order valence-electron chi connectivity index (χ2n) is 6.44. The van der Waals surface area contributed by atoms with Gasteiger partial charge in [-0.15, -0.1) is 11.3 Å². The molecule has 0 spiro atoms. The van der Waals surface area contributed by atoms with E-state index in [9.17, 15) is 0 Å². The predicted octanol–water partition coefficient (Wildman–Crippen LogP) is 2.85. The minimum atomic E-state index is 0.0829. The monoisotopic (exact) mass is 345 g/mol.